The molecule has 0 spiro atoms. The van der Waals surface area contributed by atoms with Crippen molar-refractivity contribution in [2.75, 3.05) is 13.2 Å². The molecular weight excluding hydrogens is 314 g/mol. The molecule has 1 aromatic heterocycles. The molecule has 0 aliphatic rings. The first-order valence-electron chi connectivity index (χ1n) is 8.40. The van der Waals surface area contributed by atoms with Crippen LogP contribution in [0.25, 0.3) is 10.9 Å². The lowest BCUT2D eigenvalue weighted by atomic mass is 10.1. The fraction of sp³-hybridized carbons (Fsp3) is 0.238. The number of benzene rings is 2. The molecule has 0 saturated carbocycles. The van der Waals surface area contributed by atoms with Crippen LogP contribution in [0.5, 0.6) is 11.5 Å². The van der Waals surface area contributed by atoms with E-state index < -0.39 is 0 Å². The van der Waals surface area contributed by atoms with Crippen molar-refractivity contribution in [3.8, 4) is 11.5 Å². The number of pyridine rings is 1. The van der Waals surface area contributed by atoms with E-state index in [-0.39, 0.29) is 5.78 Å². The Bertz CT molecular complexity index is 838. The third kappa shape index (κ3) is 4.80. The third-order valence-electron chi connectivity index (χ3n) is 3.89. The van der Waals surface area contributed by atoms with Crippen molar-refractivity contribution in [1.29, 1.82) is 0 Å². The van der Waals surface area contributed by atoms with E-state index in [2.05, 4.69) is 4.98 Å². The first kappa shape index (κ1) is 17.0. The van der Waals surface area contributed by atoms with E-state index in [9.17, 15) is 4.79 Å². The highest BCUT2D eigenvalue weighted by Crippen LogP contribution is 2.22. The largest absolute Gasteiger partial charge is 0.490 e. The SMILES string of the molecule is CC(=O)CCc1ccc(OCCOc2cccc3cccnc23)cc1. The lowest BCUT2D eigenvalue weighted by molar-refractivity contribution is -0.116. The normalized spacial score (nSPS) is 10.6. The quantitative estimate of drug-likeness (QED) is 0.579. The van der Waals surface area contributed by atoms with Gasteiger partial charge in [0.25, 0.3) is 0 Å². The molecule has 0 aliphatic carbocycles. The molecular formula is C21H21NO3. The second-order valence-corrected chi connectivity index (χ2v) is 5.87. The molecule has 0 unspecified atom stereocenters. The van der Waals surface area contributed by atoms with Gasteiger partial charge >= 0.3 is 0 Å². The van der Waals surface area contributed by atoms with Crippen LogP contribution < -0.4 is 9.47 Å². The minimum atomic E-state index is 0.209. The summed E-state index contributed by atoms with van der Waals surface area (Å²) < 4.78 is 11.5. The van der Waals surface area contributed by atoms with Gasteiger partial charge in [0.2, 0.25) is 0 Å². The number of aryl methyl sites for hydroxylation is 1. The Morgan fingerprint density at radius 2 is 1.72 bits per heavy atom. The average Bonchev–Trinajstić information content (AvgIpc) is 2.64. The molecule has 3 rings (SSSR count). The molecule has 0 bridgehead atoms. The number of para-hydroxylation sites is 1. The van der Waals surface area contributed by atoms with E-state index in [1.54, 1.807) is 13.1 Å². The van der Waals surface area contributed by atoms with Crippen molar-refractivity contribution in [2.24, 2.45) is 0 Å². The summed E-state index contributed by atoms with van der Waals surface area (Å²) in [4.78, 5) is 15.4. The van der Waals surface area contributed by atoms with Crippen molar-refractivity contribution in [3.63, 3.8) is 0 Å². The summed E-state index contributed by atoms with van der Waals surface area (Å²) in [6.45, 7) is 2.51. The number of hydrogen-bond donors (Lipinski definition) is 0. The number of rotatable bonds is 8. The maximum atomic E-state index is 11.0. The van der Waals surface area contributed by atoms with Gasteiger partial charge in [0, 0.05) is 18.0 Å². The molecule has 0 atom stereocenters. The summed E-state index contributed by atoms with van der Waals surface area (Å²) in [5, 5.41) is 1.06. The summed E-state index contributed by atoms with van der Waals surface area (Å²) in [5.41, 5.74) is 2.00. The smallest absolute Gasteiger partial charge is 0.145 e. The highest BCUT2D eigenvalue weighted by atomic mass is 16.5. The van der Waals surface area contributed by atoms with Crippen LogP contribution in [0.3, 0.4) is 0 Å². The first-order chi connectivity index (χ1) is 12.2. The van der Waals surface area contributed by atoms with Crippen LogP contribution >= 0.6 is 0 Å². The van der Waals surface area contributed by atoms with E-state index in [1.165, 1.54) is 0 Å². The van der Waals surface area contributed by atoms with Crippen molar-refractivity contribution in [3.05, 3.63) is 66.4 Å². The average molecular weight is 335 g/mol. The van der Waals surface area contributed by atoms with Gasteiger partial charge in [0.05, 0.1) is 0 Å². The molecule has 0 fully saturated rings. The zero-order valence-electron chi connectivity index (χ0n) is 14.3. The van der Waals surface area contributed by atoms with Crippen molar-refractivity contribution in [1.82, 2.24) is 4.98 Å². The van der Waals surface area contributed by atoms with Crippen LogP contribution in [-0.4, -0.2) is 24.0 Å². The summed E-state index contributed by atoms with van der Waals surface area (Å²) in [6.07, 6.45) is 3.11. The van der Waals surface area contributed by atoms with Crippen molar-refractivity contribution < 1.29 is 14.3 Å². The monoisotopic (exact) mass is 335 g/mol. The topological polar surface area (TPSA) is 48.4 Å². The lowest BCUT2D eigenvalue weighted by Crippen LogP contribution is -2.09. The molecule has 0 saturated heterocycles. The number of ether oxygens (including phenoxy) is 2. The molecule has 0 radical (unpaired) electrons. The summed E-state index contributed by atoms with van der Waals surface area (Å²) in [6, 6.07) is 17.7. The number of hydrogen-bond acceptors (Lipinski definition) is 4. The third-order valence-corrected chi connectivity index (χ3v) is 3.89. The minimum absolute atomic E-state index is 0.209. The molecule has 1 heterocycles. The van der Waals surface area contributed by atoms with Gasteiger partial charge < -0.3 is 14.3 Å². The number of nitrogens with zero attached hydrogens (tertiary/aromatic N) is 1. The van der Waals surface area contributed by atoms with Crippen LogP contribution in [0.2, 0.25) is 0 Å². The van der Waals surface area contributed by atoms with Gasteiger partial charge in [-0.1, -0.05) is 30.3 Å². The predicted molar refractivity (Wildman–Crippen MR) is 98.2 cm³/mol. The minimum Gasteiger partial charge on any atom is -0.490 e. The maximum Gasteiger partial charge on any atom is 0.145 e. The Hall–Kier alpha value is -2.88. The number of carbonyl (C=O) groups excluding carboxylic acids is 1. The van der Waals surface area contributed by atoms with Gasteiger partial charge in [0.15, 0.2) is 0 Å². The van der Waals surface area contributed by atoms with Crippen molar-refractivity contribution in [2.45, 2.75) is 19.8 Å². The van der Waals surface area contributed by atoms with Gasteiger partial charge in [-0.2, -0.15) is 0 Å². The van der Waals surface area contributed by atoms with Crippen molar-refractivity contribution >= 4 is 16.7 Å². The molecule has 25 heavy (non-hydrogen) atoms. The molecule has 0 amide bonds. The second-order valence-electron chi connectivity index (χ2n) is 5.87. The van der Waals surface area contributed by atoms with Crippen LogP contribution in [-0.2, 0) is 11.2 Å². The van der Waals surface area contributed by atoms with Gasteiger partial charge in [-0.25, -0.2) is 0 Å². The molecule has 3 aromatic rings. The molecule has 0 N–H and O–H groups in total. The van der Waals surface area contributed by atoms with Gasteiger partial charge in [-0.3, -0.25) is 4.98 Å². The van der Waals surface area contributed by atoms with E-state index in [1.807, 2.05) is 54.6 Å². The van der Waals surface area contributed by atoms with Crippen LogP contribution in [0, 0.1) is 0 Å². The molecule has 4 nitrogen and oxygen atoms in total. The Labute approximate surface area is 147 Å². The molecule has 0 aliphatic heterocycles. The van der Waals surface area contributed by atoms with E-state index in [4.69, 9.17) is 9.47 Å². The molecule has 2 aromatic carbocycles. The van der Waals surface area contributed by atoms with Crippen LogP contribution in [0.1, 0.15) is 18.9 Å². The van der Waals surface area contributed by atoms with Crippen LogP contribution in [0.4, 0.5) is 0 Å². The zero-order chi connectivity index (χ0) is 17.5. The Morgan fingerprint density at radius 1 is 0.960 bits per heavy atom. The summed E-state index contributed by atoms with van der Waals surface area (Å²) >= 11 is 0. The highest BCUT2D eigenvalue weighted by molar-refractivity contribution is 5.84. The fourth-order valence-electron chi connectivity index (χ4n) is 2.58. The first-order valence-corrected chi connectivity index (χ1v) is 8.40. The standard InChI is InChI=1S/C21H21NO3/c1-16(23)7-8-17-9-11-19(12-10-17)24-14-15-25-20-6-2-4-18-5-3-13-22-21(18)20/h2-6,9-13H,7-8,14-15H2,1H3. The van der Waals surface area contributed by atoms with E-state index in [0.717, 1.165) is 34.4 Å². The summed E-state index contributed by atoms with van der Waals surface area (Å²) in [7, 11) is 0. The number of Topliss-reactive ketones (excluding diaryl/α,β-unsaturated/α-hetero) is 1. The highest BCUT2D eigenvalue weighted by Gasteiger charge is 2.03. The lowest BCUT2D eigenvalue weighted by Gasteiger charge is -2.10. The molecule has 128 valence electrons. The number of aromatic nitrogens is 1. The summed E-state index contributed by atoms with van der Waals surface area (Å²) in [5.74, 6) is 1.77. The predicted octanol–water partition coefficient (Wildman–Crippen LogP) is 4.21. The van der Waals surface area contributed by atoms with E-state index >= 15 is 0 Å². The maximum absolute atomic E-state index is 11.0. The Morgan fingerprint density at radius 3 is 2.52 bits per heavy atom. The Kier molecular flexibility index (Phi) is 5.62. The van der Waals surface area contributed by atoms with E-state index in [0.29, 0.717) is 19.6 Å². The number of carbonyl (C=O) groups is 1. The van der Waals surface area contributed by atoms with Gasteiger partial charge in [-0.15, -0.1) is 0 Å². The van der Waals surface area contributed by atoms with Crippen LogP contribution in [0.15, 0.2) is 60.8 Å². The number of fused-ring (bicyclic) bond motifs is 1. The second kappa shape index (κ2) is 8.29. The van der Waals surface area contributed by atoms with Gasteiger partial charge in [0.1, 0.15) is 36.0 Å². The number of ketones is 1. The molecule has 4 heteroatoms. The zero-order valence-corrected chi connectivity index (χ0v) is 14.3. The fourth-order valence-corrected chi connectivity index (χ4v) is 2.58. The Balaban J connectivity index is 1.49. The van der Waals surface area contributed by atoms with Gasteiger partial charge in [-0.05, 0) is 43.2 Å².